The lowest BCUT2D eigenvalue weighted by atomic mass is 9.81. The smallest absolute Gasteiger partial charge is 0.309 e. The molecular formula is C11H16O3. The lowest BCUT2D eigenvalue weighted by Gasteiger charge is -2.24. The van der Waals surface area contributed by atoms with Gasteiger partial charge in [0.2, 0.25) is 0 Å². The average molecular weight is 196 g/mol. The number of rotatable bonds is 3. The molecule has 2 aliphatic carbocycles. The number of hydrogen-bond acceptors (Lipinski definition) is 3. The van der Waals surface area contributed by atoms with Crippen LogP contribution in [0.25, 0.3) is 0 Å². The predicted octanol–water partition coefficient (Wildman–Crippen LogP) is 1.41. The number of aldehydes is 1. The lowest BCUT2D eigenvalue weighted by Crippen LogP contribution is -2.29. The first-order valence-electron chi connectivity index (χ1n) is 5.38. The third-order valence-electron chi connectivity index (χ3n) is 3.63. The zero-order valence-electron chi connectivity index (χ0n) is 8.44. The molecular weight excluding hydrogens is 180 g/mol. The minimum atomic E-state index is -0.0912. The molecule has 14 heavy (non-hydrogen) atoms. The highest BCUT2D eigenvalue weighted by Gasteiger charge is 2.49. The van der Waals surface area contributed by atoms with E-state index >= 15 is 0 Å². The molecule has 2 rings (SSSR count). The monoisotopic (exact) mass is 196 g/mol. The van der Waals surface area contributed by atoms with Crippen LogP contribution in [0.5, 0.6) is 0 Å². The molecule has 0 N–H and O–H groups in total. The van der Waals surface area contributed by atoms with Crippen molar-refractivity contribution in [3.05, 3.63) is 0 Å². The van der Waals surface area contributed by atoms with Crippen LogP contribution in [0.4, 0.5) is 0 Å². The van der Waals surface area contributed by atoms with Gasteiger partial charge in [-0.15, -0.1) is 0 Å². The molecule has 2 saturated carbocycles. The molecule has 0 aromatic rings. The topological polar surface area (TPSA) is 43.4 Å². The van der Waals surface area contributed by atoms with E-state index in [1.807, 2.05) is 6.92 Å². The summed E-state index contributed by atoms with van der Waals surface area (Å²) in [5.41, 5.74) is 0. The quantitative estimate of drug-likeness (QED) is 0.506. The van der Waals surface area contributed by atoms with Gasteiger partial charge < -0.3 is 9.53 Å². The van der Waals surface area contributed by atoms with Gasteiger partial charge in [0, 0.05) is 5.92 Å². The summed E-state index contributed by atoms with van der Waals surface area (Å²) in [5.74, 6) is 0.889. The highest BCUT2D eigenvalue weighted by atomic mass is 16.5. The Morgan fingerprint density at radius 2 is 2.21 bits per heavy atom. The molecule has 0 heterocycles. The molecule has 2 fully saturated rings. The Balaban J connectivity index is 2.02. The van der Waals surface area contributed by atoms with Crippen molar-refractivity contribution in [1.82, 2.24) is 0 Å². The molecule has 3 nitrogen and oxygen atoms in total. The highest BCUT2D eigenvalue weighted by molar-refractivity contribution is 5.74. The second-order valence-corrected chi connectivity index (χ2v) is 4.40. The van der Waals surface area contributed by atoms with Crippen LogP contribution in [0.1, 0.15) is 26.2 Å². The van der Waals surface area contributed by atoms with E-state index < -0.39 is 0 Å². The number of hydrogen-bond donors (Lipinski definition) is 0. The van der Waals surface area contributed by atoms with Gasteiger partial charge in [-0.2, -0.15) is 0 Å². The van der Waals surface area contributed by atoms with Crippen molar-refractivity contribution < 1.29 is 14.3 Å². The van der Waals surface area contributed by atoms with E-state index in [9.17, 15) is 9.59 Å². The minimum absolute atomic E-state index is 0.00361. The first-order chi connectivity index (χ1) is 6.76. The second-order valence-electron chi connectivity index (χ2n) is 4.40. The summed E-state index contributed by atoms with van der Waals surface area (Å²) < 4.78 is 5.02. The van der Waals surface area contributed by atoms with Gasteiger partial charge in [0.1, 0.15) is 6.29 Å². The van der Waals surface area contributed by atoms with Crippen molar-refractivity contribution in [3.63, 3.8) is 0 Å². The number of carbonyl (C=O) groups is 2. The zero-order chi connectivity index (χ0) is 10.1. The van der Waals surface area contributed by atoms with Crippen molar-refractivity contribution in [2.75, 3.05) is 6.61 Å². The molecule has 0 radical (unpaired) electrons. The van der Waals surface area contributed by atoms with Crippen LogP contribution in [-0.2, 0) is 14.3 Å². The van der Waals surface area contributed by atoms with Gasteiger partial charge in [0.25, 0.3) is 0 Å². The normalized spacial score (nSPS) is 39.8. The van der Waals surface area contributed by atoms with Crippen LogP contribution in [0.2, 0.25) is 0 Å². The maximum Gasteiger partial charge on any atom is 0.309 e. The number of ether oxygens (including phenoxy) is 1. The van der Waals surface area contributed by atoms with Gasteiger partial charge in [-0.25, -0.2) is 0 Å². The SMILES string of the molecule is CCOC(=O)C1CC2CC(C=O)C1C2. The number of esters is 1. The Kier molecular flexibility index (Phi) is 2.57. The van der Waals surface area contributed by atoms with Crippen molar-refractivity contribution in [2.45, 2.75) is 26.2 Å². The summed E-state index contributed by atoms with van der Waals surface area (Å²) in [6.45, 7) is 2.26. The standard InChI is InChI=1S/C11H16O3/c1-2-14-11(13)10-5-7-3-8(6-12)9(10)4-7/h6-10H,2-5H2,1H3. The van der Waals surface area contributed by atoms with Crippen LogP contribution in [-0.4, -0.2) is 18.9 Å². The predicted molar refractivity (Wildman–Crippen MR) is 50.5 cm³/mol. The van der Waals surface area contributed by atoms with Gasteiger partial charge in [0.05, 0.1) is 12.5 Å². The molecule has 2 aliphatic rings. The fraction of sp³-hybridized carbons (Fsp3) is 0.818. The molecule has 0 saturated heterocycles. The molecule has 0 aromatic heterocycles. The summed E-state index contributed by atoms with van der Waals surface area (Å²) in [7, 11) is 0. The Bertz CT molecular complexity index is 249. The Hall–Kier alpha value is -0.860. The lowest BCUT2D eigenvalue weighted by molar-refractivity contribution is -0.150. The molecule has 0 aliphatic heterocycles. The number of carbonyl (C=O) groups excluding carboxylic acids is 2. The Morgan fingerprint density at radius 3 is 2.79 bits per heavy atom. The summed E-state index contributed by atoms with van der Waals surface area (Å²) in [6.07, 6.45) is 4.00. The van der Waals surface area contributed by atoms with Crippen molar-refractivity contribution >= 4 is 12.3 Å². The Labute approximate surface area is 83.8 Å². The fourth-order valence-electron chi connectivity index (χ4n) is 3.08. The van der Waals surface area contributed by atoms with E-state index in [4.69, 9.17) is 4.74 Å². The zero-order valence-corrected chi connectivity index (χ0v) is 8.44. The van der Waals surface area contributed by atoms with Gasteiger partial charge in [-0.05, 0) is 38.0 Å². The van der Waals surface area contributed by atoms with E-state index in [1.54, 1.807) is 0 Å². The van der Waals surface area contributed by atoms with Crippen LogP contribution in [0, 0.1) is 23.7 Å². The maximum absolute atomic E-state index is 11.6. The molecule has 78 valence electrons. The highest BCUT2D eigenvalue weighted by Crippen LogP contribution is 2.51. The number of fused-ring (bicyclic) bond motifs is 2. The molecule has 0 spiro atoms. The van der Waals surface area contributed by atoms with Crippen molar-refractivity contribution in [3.8, 4) is 0 Å². The molecule has 4 atom stereocenters. The summed E-state index contributed by atoms with van der Waals surface area (Å²) in [4.78, 5) is 22.3. The minimum Gasteiger partial charge on any atom is -0.466 e. The van der Waals surface area contributed by atoms with E-state index in [0.717, 1.165) is 25.5 Å². The third-order valence-corrected chi connectivity index (χ3v) is 3.63. The largest absolute Gasteiger partial charge is 0.466 e. The maximum atomic E-state index is 11.6. The van der Waals surface area contributed by atoms with Crippen molar-refractivity contribution in [2.24, 2.45) is 23.7 Å². The molecule has 0 amide bonds. The first-order valence-corrected chi connectivity index (χ1v) is 5.38. The van der Waals surface area contributed by atoms with E-state index in [2.05, 4.69) is 0 Å². The van der Waals surface area contributed by atoms with E-state index in [-0.39, 0.29) is 23.7 Å². The first kappa shape index (κ1) is 9.69. The molecule has 3 heteroatoms. The fourth-order valence-corrected chi connectivity index (χ4v) is 3.08. The van der Waals surface area contributed by atoms with Crippen LogP contribution in [0.15, 0.2) is 0 Å². The van der Waals surface area contributed by atoms with E-state index in [1.165, 1.54) is 0 Å². The third kappa shape index (κ3) is 1.45. The van der Waals surface area contributed by atoms with E-state index in [0.29, 0.717) is 12.5 Å². The van der Waals surface area contributed by atoms with Crippen molar-refractivity contribution in [1.29, 1.82) is 0 Å². The van der Waals surface area contributed by atoms with Gasteiger partial charge >= 0.3 is 5.97 Å². The van der Waals surface area contributed by atoms with Gasteiger partial charge in [-0.3, -0.25) is 4.79 Å². The molecule has 2 bridgehead atoms. The second kappa shape index (κ2) is 3.71. The summed E-state index contributed by atoms with van der Waals surface area (Å²) in [5, 5.41) is 0. The molecule has 4 unspecified atom stereocenters. The summed E-state index contributed by atoms with van der Waals surface area (Å²) in [6, 6.07) is 0. The molecule has 0 aromatic carbocycles. The summed E-state index contributed by atoms with van der Waals surface area (Å²) >= 11 is 0. The average Bonchev–Trinajstić information content (AvgIpc) is 2.76. The van der Waals surface area contributed by atoms with Crippen LogP contribution >= 0.6 is 0 Å². The van der Waals surface area contributed by atoms with Crippen LogP contribution in [0.3, 0.4) is 0 Å². The van der Waals surface area contributed by atoms with Gasteiger partial charge in [0.15, 0.2) is 0 Å². The Morgan fingerprint density at radius 1 is 1.43 bits per heavy atom. The van der Waals surface area contributed by atoms with Crippen LogP contribution < -0.4 is 0 Å². The van der Waals surface area contributed by atoms with Gasteiger partial charge in [-0.1, -0.05) is 0 Å².